The number of carboxylic acid groups (broad SMARTS) is 1. The largest absolute Gasteiger partial charge is 0.494 e. The predicted octanol–water partition coefficient (Wildman–Crippen LogP) is 4.81. The Kier molecular flexibility index (Phi) is 6.00. The molecule has 1 aliphatic heterocycles. The first-order chi connectivity index (χ1) is 18.2. The SMILES string of the molecule is COc1cc(C(=O)N2CCC3(CC3)C(NC(=O)O)C2)cc2nc(-c3cc4cccnc4n3C(C)I)n(C)c12. The lowest BCUT2D eigenvalue weighted by atomic mass is 9.88. The zero-order chi connectivity index (χ0) is 26.8. The molecule has 4 aromatic rings. The van der Waals surface area contributed by atoms with E-state index >= 15 is 0 Å². The van der Waals surface area contributed by atoms with Gasteiger partial charge in [-0.25, -0.2) is 14.8 Å². The Morgan fingerprint density at radius 2 is 2.05 bits per heavy atom. The zero-order valence-electron chi connectivity index (χ0n) is 21.4. The summed E-state index contributed by atoms with van der Waals surface area (Å²) >= 11 is 2.37. The van der Waals surface area contributed by atoms with E-state index in [1.807, 2.05) is 29.8 Å². The van der Waals surface area contributed by atoms with Crippen molar-refractivity contribution in [3.63, 3.8) is 0 Å². The summed E-state index contributed by atoms with van der Waals surface area (Å²) in [6, 6.07) is 9.37. The number of likely N-dealkylation sites (tertiary alicyclic amines) is 1. The second-order valence-electron chi connectivity index (χ2n) is 10.3. The Labute approximate surface area is 233 Å². The van der Waals surface area contributed by atoms with Crippen molar-refractivity contribution in [3.05, 3.63) is 42.1 Å². The Morgan fingerprint density at radius 1 is 1.26 bits per heavy atom. The number of nitrogens with one attached hydrogen (secondary N) is 1. The summed E-state index contributed by atoms with van der Waals surface area (Å²) in [5.74, 6) is 1.17. The van der Waals surface area contributed by atoms with Gasteiger partial charge in [0.05, 0.1) is 28.4 Å². The van der Waals surface area contributed by atoms with Gasteiger partial charge in [-0.1, -0.05) is 22.6 Å². The van der Waals surface area contributed by atoms with Crippen LogP contribution in [0.2, 0.25) is 0 Å². The highest BCUT2D eigenvalue weighted by molar-refractivity contribution is 14.1. The Bertz CT molecular complexity index is 1590. The molecule has 1 saturated carbocycles. The van der Waals surface area contributed by atoms with Crippen molar-refractivity contribution in [2.75, 3.05) is 20.2 Å². The van der Waals surface area contributed by atoms with Gasteiger partial charge in [0.2, 0.25) is 0 Å². The lowest BCUT2D eigenvalue weighted by Crippen LogP contribution is -2.54. The third kappa shape index (κ3) is 3.98. The van der Waals surface area contributed by atoms with E-state index in [1.54, 1.807) is 24.3 Å². The van der Waals surface area contributed by atoms with E-state index in [0.717, 1.165) is 47.3 Å². The summed E-state index contributed by atoms with van der Waals surface area (Å²) in [6.45, 7) is 3.07. The van der Waals surface area contributed by atoms with Gasteiger partial charge in [-0.05, 0) is 61.9 Å². The molecule has 2 amide bonds. The number of fused-ring (bicyclic) bond motifs is 2. The van der Waals surface area contributed by atoms with Gasteiger partial charge in [-0.3, -0.25) is 4.79 Å². The number of pyridine rings is 1. The number of imidazole rings is 1. The molecule has 1 saturated heterocycles. The highest BCUT2D eigenvalue weighted by Crippen LogP contribution is 2.53. The summed E-state index contributed by atoms with van der Waals surface area (Å²) in [5, 5.41) is 13.0. The average Bonchev–Trinajstić information content (AvgIpc) is 3.44. The van der Waals surface area contributed by atoms with Crippen molar-refractivity contribution in [2.24, 2.45) is 12.5 Å². The van der Waals surface area contributed by atoms with Crippen LogP contribution in [0.15, 0.2) is 36.5 Å². The van der Waals surface area contributed by atoms with Crippen LogP contribution >= 0.6 is 22.6 Å². The van der Waals surface area contributed by atoms with Gasteiger partial charge in [0.25, 0.3) is 5.91 Å². The topological polar surface area (TPSA) is 115 Å². The zero-order valence-corrected chi connectivity index (χ0v) is 23.6. The van der Waals surface area contributed by atoms with Crippen LogP contribution in [0.4, 0.5) is 4.79 Å². The lowest BCUT2D eigenvalue weighted by Gasteiger charge is -2.39. The second kappa shape index (κ2) is 9.14. The van der Waals surface area contributed by atoms with Gasteiger partial charge in [0, 0.05) is 37.3 Å². The van der Waals surface area contributed by atoms with E-state index in [9.17, 15) is 14.7 Å². The molecule has 2 unspecified atom stereocenters. The summed E-state index contributed by atoms with van der Waals surface area (Å²) in [4.78, 5) is 36.3. The van der Waals surface area contributed by atoms with Gasteiger partial charge >= 0.3 is 6.09 Å². The van der Waals surface area contributed by atoms with Crippen LogP contribution in [0.5, 0.6) is 5.75 Å². The lowest BCUT2D eigenvalue weighted by molar-refractivity contribution is 0.0611. The van der Waals surface area contributed by atoms with Gasteiger partial charge in [-0.2, -0.15) is 0 Å². The molecule has 1 aromatic carbocycles. The van der Waals surface area contributed by atoms with Gasteiger partial charge < -0.3 is 29.2 Å². The first-order valence-electron chi connectivity index (χ1n) is 12.7. The third-order valence-corrected chi connectivity index (χ3v) is 8.64. The van der Waals surface area contributed by atoms with Crippen molar-refractivity contribution in [1.29, 1.82) is 0 Å². The smallest absolute Gasteiger partial charge is 0.404 e. The molecular weight excluding hydrogens is 599 g/mol. The van der Waals surface area contributed by atoms with Crippen LogP contribution in [-0.2, 0) is 7.05 Å². The molecule has 6 rings (SSSR count). The Morgan fingerprint density at radius 3 is 2.74 bits per heavy atom. The minimum atomic E-state index is -1.05. The number of benzene rings is 1. The van der Waals surface area contributed by atoms with Crippen molar-refractivity contribution in [1.82, 2.24) is 29.3 Å². The molecule has 198 valence electrons. The van der Waals surface area contributed by atoms with E-state index in [1.165, 1.54) is 0 Å². The summed E-state index contributed by atoms with van der Waals surface area (Å²) in [6.07, 6.45) is 3.54. The number of halogens is 1. The van der Waals surface area contributed by atoms with Gasteiger partial charge in [0.1, 0.15) is 16.9 Å². The van der Waals surface area contributed by atoms with E-state index < -0.39 is 6.09 Å². The molecule has 0 radical (unpaired) electrons. The molecule has 2 fully saturated rings. The molecule has 2 N–H and O–H groups in total. The molecule has 11 heteroatoms. The number of rotatable bonds is 5. The number of hydrogen-bond acceptors (Lipinski definition) is 5. The fourth-order valence-electron chi connectivity index (χ4n) is 5.92. The second-order valence-corrected chi connectivity index (χ2v) is 12.1. The molecule has 1 aliphatic carbocycles. The molecule has 38 heavy (non-hydrogen) atoms. The standard InChI is InChI=1S/C27H29IN6O4/c1-15(28)34-19(12-16-5-4-9-29-23(16)34)24-30-18-11-17(13-20(38-3)22(18)32(24)2)25(35)33-10-8-27(6-7-27)21(14-33)31-26(36)37/h4-5,9,11-13,15,21,31H,6-8,10,14H2,1-3H3,(H,36,37). The Hall–Kier alpha value is -3.35. The van der Waals surface area contributed by atoms with Crippen molar-refractivity contribution < 1.29 is 19.4 Å². The number of methoxy groups -OCH3 is 1. The number of amides is 2. The fraction of sp³-hybridized carbons (Fsp3) is 0.407. The predicted molar refractivity (Wildman–Crippen MR) is 152 cm³/mol. The number of hydrogen-bond donors (Lipinski definition) is 2. The molecule has 4 heterocycles. The monoisotopic (exact) mass is 628 g/mol. The molecule has 10 nitrogen and oxygen atoms in total. The molecule has 1 spiro atoms. The minimum absolute atomic E-state index is 0.00415. The first kappa shape index (κ1) is 25.0. The van der Waals surface area contributed by atoms with Crippen molar-refractivity contribution in [3.8, 4) is 17.3 Å². The maximum atomic E-state index is 13.6. The molecule has 3 aromatic heterocycles. The highest BCUT2D eigenvalue weighted by atomic mass is 127. The molecular formula is C27H29IN6O4. The Balaban J connectivity index is 1.40. The normalized spacial score (nSPS) is 19.2. The number of ether oxygens (including phenoxy) is 1. The van der Waals surface area contributed by atoms with Crippen LogP contribution in [0, 0.1) is 5.41 Å². The average molecular weight is 628 g/mol. The van der Waals surface area contributed by atoms with Gasteiger partial charge in [-0.15, -0.1) is 0 Å². The third-order valence-electron chi connectivity index (χ3n) is 8.08. The summed E-state index contributed by atoms with van der Waals surface area (Å²) < 4.78 is 10.0. The number of piperidine rings is 1. The minimum Gasteiger partial charge on any atom is -0.494 e. The van der Waals surface area contributed by atoms with Crippen molar-refractivity contribution in [2.45, 2.75) is 36.3 Å². The van der Waals surface area contributed by atoms with E-state index in [0.29, 0.717) is 29.9 Å². The molecule has 2 atom stereocenters. The van der Waals surface area contributed by atoms with E-state index in [4.69, 9.17) is 9.72 Å². The summed E-state index contributed by atoms with van der Waals surface area (Å²) in [7, 11) is 3.54. The molecule has 2 aliphatic rings. The van der Waals surface area contributed by atoms with Gasteiger partial charge in [0.15, 0.2) is 5.82 Å². The number of carbonyl (C=O) groups excluding carboxylic acids is 1. The van der Waals surface area contributed by atoms with Crippen LogP contribution in [-0.4, -0.2) is 67.4 Å². The van der Waals surface area contributed by atoms with Crippen LogP contribution < -0.4 is 10.1 Å². The van der Waals surface area contributed by atoms with Crippen LogP contribution in [0.25, 0.3) is 33.6 Å². The maximum absolute atomic E-state index is 13.6. The number of aryl methyl sites for hydroxylation is 1. The van der Waals surface area contributed by atoms with Crippen molar-refractivity contribution >= 4 is 56.7 Å². The quantitative estimate of drug-likeness (QED) is 0.242. The number of alkyl halides is 1. The number of aromatic nitrogens is 4. The number of carbonyl (C=O) groups is 2. The summed E-state index contributed by atoms with van der Waals surface area (Å²) in [5.41, 5.74) is 3.75. The fourth-order valence-corrected chi connectivity index (χ4v) is 6.48. The molecule has 0 bridgehead atoms. The first-order valence-corrected chi connectivity index (χ1v) is 13.9. The highest BCUT2D eigenvalue weighted by Gasteiger charge is 2.53. The van der Waals surface area contributed by atoms with E-state index in [-0.39, 0.29) is 21.4 Å². The maximum Gasteiger partial charge on any atom is 0.404 e. The van der Waals surface area contributed by atoms with Crippen LogP contribution in [0.1, 0.15) is 40.6 Å². The number of nitrogens with zero attached hydrogens (tertiary/aromatic N) is 5. The van der Waals surface area contributed by atoms with E-state index in [2.05, 4.69) is 50.4 Å². The van der Waals surface area contributed by atoms with Crippen LogP contribution in [0.3, 0.4) is 0 Å².